The molecule has 0 radical (unpaired) electrons. The van der Waals surface area contributed by atoms with E-state index in [4.69, 9.17) is 5.73 Å². The molecule has 1 aromatic heterocycles. The van der Waals surface area contributed by atoms with Crippen LogP contribution in [-0.2, 0) is 11.3 Å². The summed E-state index contributed by atoms with van der Waals surface area (Å²) in [7, 11) is 0. The summed E-state index contributed by atoms with van der Waals surface area (Å²) >= 11 is 0. The van der Waals surface area contributed by atoms with E-state index in [9.17, 15) is 9.18 Å². The first kappa shape index (κ1) is 13.1. The number of primary amides is 1. The number of aromatic nitrogens is 2. The highest BCUT2D eigenvalue weighted by atomic mass is 19.1. The van der Waals surface area contributed by atoms with Crippen molar-refractivity contribution in [2.75, 3.05) is 5.32 Å². The second-order valence-corrected chi connectivity index (χ2v) is 4.09. The Balaban J connectivity index is 2.29. The largest absolute Gasteiger partial charge is 0.369 e. The van der Waals surface area contributed by atoms with Crippen LogP contribution in [0.2, 0.25) is 0 Å². The highest BCUT2D eigenvalue weighted by Gasteiger charge is 2.21. The molecule has 0 saturated carbocycles. The molecule has 1 amide bonds. The van der Waals surface area contributed by atoms with E-state index in [1.807, 2.05) is 11.5 Å². The van der Waals surface area contributed by atoms with Crippen molar-refractivity contribution in [2.45, 2.75) is 19.5 Å². The third-order valence-corrected chi connectivity index (χ3v) is 2.80. The average Bonchev–Trinajstić information content (AvgIpc) is 2.83. The Morgan fingerprint density at radius 2 is 2.37 bits per heavy atom. The maximum Gasteiger partial charge on any atom is 0.246 e. The zero-order valence-corrected chi connectivity index (χ0v) is 10.5. The number of benzene rings is 1. The molecule has 0 fully saturated rings. The summed E-state index contributed by atoms with van der Waals surface area (Å²) in [5.41, 5.74) is 6.55. The molecule has 100 valence electrons. The molecule has 19 heavy (non-hydrogen) atoms. The van der Waals surface area contributed by atoms with E-state index in [0.717, 1.165) is 0 Å². The number of aryl methyl sites for hydroxylation is 1. The number of anilines is 1. The van der Waals surface area contributed by atoms with Crippen LogP contribution in [0, 0.1) is 5.82 Å². The van der Waals surface area contributed by atoms with E-state index in [1.54, 1.807) is 24.7 Å². The molecule has 2 aromatic rings. The number of imidazole rings is 1. The minimum Gasteiger partial charge on any atom is -0.369 e. The molecule has 0 spiro atoms. The molecule has 0 saturated heterocycles. The Labute approximate surface area is 110 Å². The van der Waals surface area contributed by atoms with Crippen LogP contribution < -0.4 is 11.1 Å². The van der Waals surface area contributed by atoms with Crippen molar-refractivity contribution in [3.8, 4) is 0 Å². The molecule has 5 nitrogen and oxygen atoms in total. The summed E-state index contributed by atoms with van der Waals surface area (Å²) in [5, 5.41) is 2.92. The molecule has 0 bridgehead atoms. The van der Waals surface area contributed by atoms with E-state index in [2.05, 4.69) is 10.3 Å². The Morgan fingerprint density at radius 3 is 3.00 bits per heavy atom. The van der Waals surface area contributed by atoms with Crippen LogP contribution in [-0.4, -0.2) is 15.5 Å². The Hall–Kier alpha value is -2.37. The lowest BCUT2D eigenvalue weighted by Crippen LogP contribution is -2.29. The first-order chi connectivity index (χ1) is 9.11. The molecule has 3 N–H and O–H groups in total. The number of halogens is 1. The van der Waals surface area contributed by atoms with Crippen LogP contribution in [0.3, 0.4) is 0 Å². The lowest BCUT2D eigenvalue weighted by Gasteiger charge is -2.18. The predicted octanol–water partition coefficient (Wildman–Crippen LogP) is 1.68. The smallest absolute Gasteiger partial charge is 0.246 e. The number of amides is 1. The number of rotatable bonds is 5. The number of nitrogens with one attached hydrogen (secondary N) is 1. The Bertz CT molecular complexity index is 582. The van der Waals surface area contributed by atoms with Gasteiger partial charge in [0.05, 0.1) is 18.2 Å². The number of carbonyl (C=O) groups excluding carboxylic acids is 1. The van der Waals surface area contributed by atoms with Crippen LogP contribution >= 0.6 is 0 Å². The van der Waals surface area contributed by atoms with Gasteiger partial charge in [0, 0.05) is 12.2 Å². The summed E-state index contributed by atoms with van der Waals surface area (Å²) in [6.07, 6.45) is 3.20. The van der Waals surface area contributed by atoms with Gasteiger partial charge in [-0.1, -0.05) is 6.07 Å². The molecule has 1 heterocycles. The SMILES string of the molecule is CCn1cncc1C(Nc1cccc(F)c1)C(N)=O. The molecular weight excluding hydrogens is 247 g/mol. The third kappa shape index (κ3) is 2.90. The molecule has 1 atom stereocenters. The maximum atomic E-state index is 13.1. The van der Waals surface area contributed by atoms with Crippen molar-refractivity contribution in [2.24, 2.45) is 5.73 Å². The molecule has 0 aliphatic heterocycles. The minimum absolute atomic E-state index is 0.378. The van der Waals surface area contributed by atoms with Crippen molar-refractivity contribution >= 4 is 11.6 Å². The highest BCUT2D eigenvalue weighted by molar-refractivity contribution is 5.84. The predicted molar refractivity (Wildman–Crippen MR) is 69.9 cm³/mol. The lowest BCUT2D eigenvalue weighted by molar-refractivity contribution is -0.119. The second kappa shape index (κ2) is 5.51. The van der Waals surface area contributed by atoms with E-state index < -0.39 is 11.9 Å². The number of nitrogens with two attached hydrogens (primary N) is 1. The zero-order chi connectivity index (χ0) is 13.8. The summed E-state index contributed by atoms with van der Waals surface area (Å²) in [6, 6.07) is 5.13. The van der Waals surface area contributed by atoms with E-state index in [1.165, 1.54) is 12.1 Å². The van der Waals surface area contributed by atoms with Gasteiger partial charge in [-0.3, -0.25) is 4.79 Å². The van der Waals surface area contributed by atoms with Gasteiger partial charge in [0.25, 0.3) is 0 Å². The van der Waals surface area contributed by atoms with Crippen molar-refractivity contribution in [3.63, 3.8) is 0 Å². The van der Waals surface area contributed by atoms with E-state index in [-0.39, 0.29) is 5.82 Å². The zero-order valence-electron chi connectivity index (χ0n) is 10.5. The Morgan fingerprint density at radius 1 is 1.58 bits per heavy atom. The number of carbonyl (C=O) groups is 1. The lowest BCUT2D eigenvalue weighted by atomic mass is 10.2. The maximum absolute atomic E-state index is 13.1. The van der Waals surface area contributed by atoms with Gasteiger partial charge in [-0.15, -0.1) is 0 Å². The molecular formula is C13H15FN4O. The van der Waals surface area contributed by atoms with Crippen LogP contribution in [0.15, 0.2) is 36.8 Å². The standard InChI is InChI=1S/C13H15FN4O/c1-2-18-8-16-7-11(18)12(13(15)19)17-10-5-3-4-9(14)6-10/h3-8,12,17H,2H2,1H3,(H2,15,19). The monoisotopic (exact) mass is 262 g/mol. The molecule has 0 aliphatic carbocycles. The highest BCUT2D eigenvalue weighted by Crippen LogP contribution is 2.20. The first-order valence-corrected chi connectivity index (χ1v) is 5.93. The molecule has 6 heteroatoms. The van der Waals surface area contributed by atoms with Gasteiger partial charge in [-0.05, 0) is 25.1 Å². The summed E-state index contributed by atoms with van der Waals surface area (Å²) in [6.45, 7) is 2.61. The number of hydrogen-bond donors (Lipinski definition) is 2. The van der Waals surface area contributed by atoms with Gasteiger partial charge < -0.3 is 15.6 Å². The first-order valence-electron chi connectivity index (χ1n) is 5.93. The van der Waals surface area contributed by atoms with Gasteiger partial charge in [0.15, 0.2) is 0 Å². The van der Waals surface area contributed by atoms with Gasteiger partial charge in [-0.2, -0.15) is 0 Å². The normalized spacial score (nSPS) is 12.1. The fourth-order valence-electron chi connectivity index (χ4n) is 1.87. The van der Waals surface area contributed by atoms with E-state index in [0.29, 0.717) is 17.9 Å². The van der Waals surface area contributed by atoms with Gasteiger partial charge in [-0.25, -0.2) is 9.37 Å². The van der Waals surface area contributed by atoms with Crippen LogP contribution in [0.4, 0.5) is 10.1 Å². The van der Waals surface area contributed by atoms with E-state index >= 15 is 0 Å². The van der Waals surface area contributed by atoms with Crippen molar-refractivity contribution in [3.05, 3.63) is 48.3 Å². The Kier molecular flexibility index (Phi) is 3.79. The minimum atomic E-state index is -0.746. The second-order valence-electron chi connectivity index (χ2n) is 4.09. The quantitative estimate of drug-likeness (QED) is 0.861. The van der Waals surface area contributed by atoms with Crippen LogP contribution in [0.5, 0.6) is 0 Å². The van der Waals surface area contributed by atoms with Crippen molar-refractivity contribution in [1.82, 2.24) is 9.55 Å². The van der Waals surface area contributed by atoms with Crippen molar-refractivity contribution in [1.29, 1.82) is 0 Å². The summed E-state index contributed by atoms with van der Waals surface area (Å²) in [5.74, 6) is -0.920. The van der Waals surface area contributed by atoms with Gasteiger partial charge in [0.2, 0.25) is 5.91 Å². The molecule has 2 rings (SSSR count). The molecule has 1 unspecified atom stereocenters. The molecule has 0 aliphatic rings. The van der Waals surface area contributed by atoms with Gasteiger partial charge in [0.1, 0.15) is 11.9 Å². The summed E-state index contributed by atoms with van der Waals surface area (Å²) in [4.78, 5) is 15.6. The number of hydrogen-bond acceptors (Lipinski definition) is 3. The topological polar surface area (TPSA) is 72.9 Å². The van der Waals surface area contributed by atoms with Gasteiger partial charge >= 0.3 is 0 Å². The fourth-order valence-corrected chi connectivity index (χ4v) is 1.87. The average molecular weight is 262 g/mol. The number of nitrogens with zero attached hydrogens (tertiary/aromatic N) is 2. The molecule has 1 aromatic carbocycles. The van der Waals surface area contributed by atoms with Crippen LogP contribution in [0.25, 0.3) is 0 Å². The third-order valence-electron chi connectivity index (χ3n) is 2.80. The van der Waals surface area contributed by atoms with Crippen molar-refractivity contribution < 1.29 is 9.18 Å². The summed E-state index contributed by atoms with van der Waals surface area (Å²) < 4.78 is 14.9. The fraction of sp³-hybridized carbons (Fsp3) is 0.231. The van der Waals surface area contributed by atoms with Crippen LogP contribution in [0.1, 0.15) is 18.7 Å².